The number of aromatic carboxylic acids is 1. The minimum Gasteiger partial charge on any atom is -0.496 e. The second kappa shape index (κ2) is 7.74. The number of hydrazone groups is 1. The van der Waals surface area contributed by atoms with E-state index in [-0.39, 0.29) is 23.6 Å². The smallest absolute Gasteiger partial charge is 0.339 e. The highest BCUT2D eigenvalue weighted by Gasteiger charge is 2.10. The third kappa shape index (κ3) is 4.41. The minimum absolute atomic E-state index is 0.0526. The van der Waals surface area contributed by atoms with Crippen LogP contribution in [-0.4, -0.2) is 36.7 Å². The first-order valence-electron chi connectivity index (χ1n) is 6.87. The van der Waals surface area contributed by atoms with Crippen LogP contribution in [0.2, 0.25) is 0 Å². The molecule has 0 bridgehead atoms. The molecule has 0 aliphatic heterocycles. The molecular formula is C17H16N2O4. The Balaban J connectivity index is 1.97. The molecule has 6 nitrogen and oxygen atoms in total. The lowest BCUT2D eigenvalue weighted by molar-refractivity contribution is 0.0693. The number of Topliss-reactive ketones (excluding diaryl/α,β-unsaturated/α-hetero) is 1. The monoisotopic (exact) mass is 312 g/mol. The number of nitrogens with one attached hydrogen (secondary N) is 1. The fraction of sp³-hybridized carbons (Fsp3) is 0.118. The predicted molar refractivity (Wildman–Crippen MR) is 86.3 cm³/mol. The van der Waals surface area contributed by atoms with Gasteiger partial charge in [0.25, 0.3) is 0 Å². The van der Waals surface area contributed by atoms with Gasteiger partial charge in [-0.15, -0.1) is 0 Å². The molecule has 0 saturated carbocycles. The van der Waals surface area contributed by atoms with Gasteiger partial charge in [-0.1, -0.05) is 30.3 Å². The van der Waals surface area contributed by atoms with E-state index in [0.29, 0.717) is 11.1 Å². The number of hydrogen-bond acceptors (Lipinski definition) is 5. The summed E-state index contributed by atoms with van der Waals surface area (Å²) in [6, 6.07) is 13.6. The molecule has 0 aliphatic rings. The number of benzene rings is 2. The number of ether oxygens (including phenoxy) is 1. The van der Waals surface area contributed by atoms with Gasteiger partial charge in [-0.25, -0.2) is 4.79 Å². The first kappa shape index (κ1) is 16.2. The zero-order valence-corrected chi connectivity index (χ0v) is 12.5. The van der Waals surface area contributed by atoms with Gasteiger partial charge < -0.3 is 15.3 Å². The fourth-order valence-electron chi connectivity index (χ4n) is 1.94. The Labute approximate surface area is 133 Å². The van der Waals surface area contributed by atoms with Crippen molar-refractivity contribution >= 4 is 18.0 Å². The van der Waals surface area contributed by atoms with Crippen molar-refractivity contribution in [2.24, 2.45) is 5.10 Å². The lowest BCUT2D eigenvalue weighted by Crippen LogP contribution is -2.18. The summed E-state index contributed by atoms with van der Waals surface area (Å²) >= 11 is 0. The number of carbonyl (C=O) groups excluding carboxylic acids is 1. The van der Waals surface area contributed by atoms with E-state index in [0.717, 1.165) is 0 Å². The van der Waals surface area contributed by atoms with Gasteiger partial charge in [0.2, 0.25) is 0 Å². The van der Waals surface area contributed by atoms with Crippen LogP contribution in [0.3, 0.4) is 0 Å². The standard InChI is InChI=1S/C17H16N2O4/c1-23-16-8-7-12(9-14(16)17(21)22)10-18-19-11-15(20)13-5-3-2-4-6-13/h2-10,19H,11H2,1H3,(H,21,22)/b18-10-. The van der Waals surface area contributed by atoms with Crippen molar-refractivity contribution in [3.05, 3.63) is 65.2 Å². The third-order valence-electron chi connectivity index (χ3n) is 3.09. The molecular weight excluding hydrogens is 296 g/mol. The zero-order valence-electron chi connectivity index (χ0n) is 12.5. The summed E-state index contributed by atoms with van der Waals surface area (Å²) in [6.45, 7) is 0.0580. The van der Waals surface area contributed by atoms with Crippen molar-refractivity contribution in [2.45, 2.75) is 0 Å². The molecule has 0 unspecified atom stereocenters. The molecule has 0 atom stereocenters. The minimum atomic E-state index is -1.08. The number of carboxylic acid groups (broad SMARTS) is 1. The van der Waals surface area contributed by atoms with Gasteiger partial charge >= 0.3 is 5.97 Å². The SMILES string of the molecule is COc1ccc(/C=N\NCC(=O)c2ccccc2)cc1C(=O)O. The van der Waals surface area contributed by atoms with Crippen molar-refractivity contribution in [1.82, 2.24) is 5.43 Å². The Morgan fingerprint density at radius 1 is 1.22 bits per heavy atom. The lowest BCUT2D eigenvalue weighted by atomic mass is 10.1. The number of carbonyl (C=O) groups is 2. The summed E-state index contributed by atoms with van der Waals surface area (Å²) < 4.78 is 4.98. The van der Waals surface area contributed by atoms with Crippen LogP contribution >= 0.6 is 0 Å². The Kier molecular flexibility index (Phi) is 5.46. The van der Waals surface area contributed by atoms with E-state index in [4.69, 9.17) is 9.84 Å². The van der Waals surface area contributed by atoms with Crippen LogP contribution in [-0.2, 0) is 0 Å². The number of nitrogens with zero attached hydrogens (tertiary/aromatic N) is 1. The van der Waals surface area contributed by atoms with Gasteiger partial charge in [-0.3, -0.25) is 4.79 Å². The Bertz CT molecular complexity index is 727. The molecule has 2 aromatic rings. The highest BCUT2D eigenvalue weighted by molar-refractivity contribution is 5.97. The highest BCUT2D eigenvalue weighted by Crippen LogP contribution is 2.18. The van der Waals surface area contributed by atoms with Crippen molar-refractivity contribution in [3.63, 3.8) is 0 Å². The average Bonchev–Trinajstić information content (AvgIpc) is 2.59. The fourth-order valence-corrected chi connectivity index (χ4v) is 1.94. The van der Waals surface area contributed by atoms with Crippen LogP contribution in [0.25, 0.3) is 0 Å². The Morgan fingerprint density at radius 3 is 2.61 bits per heavy atom. The molecule has 118 valence electrons. The summed E-state index contributed by atoms with van der Waals surface area (Å²) in [6.07, 6.45) is 1.45. The maximum atomic E-state index is 11.9. The third-order valence-corrected chi connectivity index (χ3v) is 3.09. The molecule has 0 saturated heterocycles. The maximum absolute atomic E-state index is 11.9. The second-order valence-electron chi connectivity index (χ2n) is 4.65. The zero-order chi connectivity index (χ0) is 16.7. The number of methoxy groups -OCH3 is 1. The van der Waals surface area contributed by atoms with Gasteiger partial charge in [0.15, 0.2) is 5.78 Å². The topological polar surface area (TPSA) is 88.0 Å². The normalized spacial score (nSPS) is 10.5. The molecule has 2 aromatic carbocycles. The average molecular weight is 312 g/mol. The van der Waals surface area contributed by atoms with Crippen molar-refractivity contribution < 1.29 is 19.4 Å². The van der Waals surface area contributed by atoms with Crippen molar-refractivity contribution in [1.29, 1.82) is 0 Å². The van der Waals surface area contributed by atoms with Gasteiger partial charge in [0.1, 0.15) is 11.3 Å². The van der Waals surface area contributed by atoms with Gasteiger partial charge in [-0.2, -0.15) is 5.10 Å². The van der Waals surface area contributed by atoms with E-state index in [1.165, 1.54) is 19.4 Å². The van der Waals surface area contributed by atoms with E-state index in [1.807, 2.05) is 6.07 Å². The number of ketones is 1. The molecule has 0 radical (unpaired) electrons. The molecule has 0 aliphatic carbocycles. The number of hydrogen-bond donors (Lipinski definition) is 2. The highest BCUT2D eigenvalue weighted by atomic mass is 16.5. The predicted octanol–water partition coefficient (Wildman–Crippen LogP) is 2.20. The van der Waals surface area contributed by atoms with E-state index in [1.54, 1.807) is 36.4 Å². The summed E-state index contributed by atoms with van der Waals surface area (Å²) in [7, 11) is 1.41. The molecule has 0 aromatic heterocycles. The Hall–Kier alpha value is -3.15. The van der Waals surface area contributed by atoms with Crippen molar-refractivity contribution in [3.8, 4) is 5.75 Å². The van der Waals surface area contributed by atoms with Crippen LogP contribution in [0.5, 0.6) is 5.75 Å². The molecule has 0 fully saturated rings. The lowest BCUT2D eigenvalue weighted by Gasteiger charge is -2.05. The molecule has 6 heteroatoms. The van der Waals surface area contributed by atoms with Crippen LogP contribution in [0.15, 0.2) is 53.6 Å². The summed E-state index contributed by atoms with van der Waals surface area (Å²) in [4.78, 5) is 23.0. The second-order valence-corrected chi connectivity index (χ2v) is 4.65. The first-order valence-corrected chi connectivity index (χ1v) is 6.87. The van der Waals surface area contributed by atoms with E-state index in [9.17, 15) is 9.59 Å². The number of rotatable bonds is 7. The molecule has 0 amide bonds. The first-order chi connectivity index (χ1) is 11.1. The van der Waals surface area contributed by atoms with Crippen LogP contribution in [0.1, 0.15) is 26.3 Å². The molecule has 0 spiro atoms. The summed E-state index contributed by atoms with van der Waals surface area (Å²) in [5, 5.41) is 13.0. The van der Waals surface area contributed by atoms with Gasteiger partial charge in [0.05, 0.1) is 19.9 Å². The quantitative estimate of drug-likeness (QED) is 0.465. The van der Waals surface area contributed by atoms with E-state index >= 15 is 0 Å². The van der Waals surface area contributed by atoms with E-state index < -0.39 is 5.97 Å². The molecule has 23 heavy (non-hydrogen) atoms. The van der Waals surface area contributed by atoms with Crippen LogP contribution in [0, 0.1) is 0 Å². The maximum Gasteiger partial charge on any atom is 0.339 e. The summed E-state index contributed by atoms with van der Waals surface area (Å²) in [5.74, 6) is -0.880. The summed E-state index contributed by atoms with van der Waals surface area (Å²) in [5.41, 5.74) is 3.89. The Morgan fingerprint density at radius 2 is 1.96 bits per heavy atom. The van der Waals surface area contributed by atoms with Crippen LogP contribution in [0.4, 0.5) is 0 Å². The molecule has 0 heterocycles. The van der Waals surface area contributed by atoms with Gasteiger partial charge in [0, 0.05) is 5.56 Å². The molecule has 2 rings (SSSR count). The largest absolute Gasteiger partial charge is 0.496 e. The van der Waals surface area contributed by atoms with Crippen molar-refractivity contribution in [2.75, 3.05) is 13.7 Å². The van der Waals surface area contributed by atoms with E-state index in [2.05, 4.69) is 10.5 Å². The van der Waals surface area contributed by atoms with Gasteiger partial charge in [-0.05, 0) is 23.8 Å². The number of carboxylic acids is 1. The molecule has 2 N–H and O–H groups in total. The van der Waals surface area contributed by atoms with Crippen LogP contribution < -0.4 is 10.2 Å².